The molecule has 0 bridgehead atoms. The summed E-state index contributed by atoms with van der Waals surface area (Å²) in [5.41, 5.74) is 7.84. The summed E-state index contributed by atoms with van der Waals surface area (Å²) < 4.78 is 0. The van der Waals surface area contributed by atoms with E-state index in [1.807, 2.05) is 6.20 Å². The van der Waals surface area contributed by atoms with Crippen LogP contribution >= 0.6 is 0 Å². The number of nitrogens with zero attached hydrogens (tertiary/aromatic N) is 3. The minimum absolute atomic E-state index is 0.729. The second-order valence-electron chi connectivity index (χ2n) is 4.37. The Balaban J connectivity index is 2.09. The molecule has 4 nitrogen and oxygen atoms in total. The first kappa shape index (κ1) is 11.3. The summed E-state index contributed by atoms with van der Waals surface area (Å²) in [5.74, 6) is 0.895. The lowest BCUT2D eigenvalue weighted by Crippen LogP contribution is -2.21. The maximum Gasteiger partial charge on any atom is 0.225 e. The molecule has 2 heterocycles. The largest absolute Gasteiger partial charge is 0.341 e. The van der Waals surface area contributed by atoms with Crippen molar-refractivity contribution >= 4 is 5.95 Å². The Morgan fingerprint density at radius 1 is 1.38 bits per heavy atom. The molecular formula is C12H20N4. The van der Waals surface area contributed by atoms with Crippen LogP contribution in [0, 0.1) is 6.92 Å². The van der Waals surface area contributed by atoms with Gasteiger partial charge in [-0.05, 0) is 44.7 Å². The molecule has 1 aliphatic rings. The highest BCUT2D eigenvalue weighted by atomic mass is 15.3. The molecule has 2 rings (SSSR count). The minimum Gasteiger partial charge on any atom is -0.341 e. The van der Waals surface area contributed by atoms with Crippen molar-refractivity contribution < 1.29 is 0 Å². The van der Waals surface area contributed by atoms with E-state index in [0.29, 0.717) is 0 Å². The SMILES string of the molecule is Cc1nc(N2CCCC2)ncc1CCCN. The molecule has 16 heavy (non-hydrogen) atoms. The molecule has 2 N–H and O–H groups in total. The van der Waals surface area contributed by atoms with Crippen LogP contribution in [0.3, 0.4) is 0 Å². The molecule has 0 radical (unpaired) electrons. The van der Waals surface area contributed by atoms with Crippen molar-refractivity contribution in [2.24, 2.45) is 5.73 Å². The quantitative estimate of drug-likeness (QED) is 0.830. The first-order valence-corrected chi connectivity index (χ1v) is 6.09. The molecule has 1 aromatic heterocycles. The lowest BCUT2D eigenvalue weighted by Gasteiger charge is -2.16. The van der Waals surface area contributed by atoms with Gasteiger partial charge in [0.1, 0.15) is 0 Å². The molecule has 88 valence electrons. The molecule has 0 aromatic carbocycles. The molecule has 1 fully saturated rings. The number of hydrogen-bond acceptors (Lipinski definition) is 4. The van der Waals surface area contributed by atoms with Crippen LogP contribution in [0.2, 0.25) is 0 Å². The lowest BCUT2D eigenvalue weighted by atomic mass is 10.1. The average molecular weight is 220 g/mol. The summed E-state index contributed by atoms with van der Waals surface area (Å²) in [6.07, 6.45) is 6.48. The molecule has 0 unspecified atom stereocenters. The summed E-state index contributed by atoms with van der Waals surface area (Å²) in [6, 6.07) is 0. The zero-order valence-electron chi connectivity index (χ0n) is 9.95. The molecule has 0 aliphatic carbocycles. The molecule has 1 saturated heterocycles. The van der Waals surface area contributed by atoms with Crippen LogP contribution in [0.5, 0.6) is 0 Å². The second-order valence-corrected chi connectivity index (χ2v) is 4.37. The fraction of sp³-hybridized carbons (Fsp3) is 0.667. The van der Waals surface area contributed by atoms with Crippen LogP contribution in [0.25, 0.3) is 0 Å². The van der Waals surface area contributed by atoms with Gasteiger partial charge in [-0.15, -0.1) is 0 Å². The number of aryl methyl sites for hydroxylation is 2. The van der Waals surface area contributed by atoms with Gasteiger partial charge in [-0.2, -0.15) is 0 Å². The van der Waals surface area contributed by atoms with E-state index in [4.69, 9.17) is 5.73 Å². The summed E-state index contributed by atoms with van der Waals surface area (Å²) in [7, 11) is 0. The predicted molar refractivity (Wildman–Crippen MR) is 65.6 cm³/mol. The minimum atomic E-state index is 0.729. The molecular weight excluding hydrogens is 200 g/mol. The van der Waals surface area contributed by atoms with Crippen LogP contribution in [-0.2, 0) is 6.42 Å². The van der Waals surface area contributed by atoms with Gasteiger partial charge in [0.25, 0.3) is 0 Å². The standard InChI is InChI=1S/C12H20N4/c1-10-11(5-4-6-13)9-14-12(15-10)16-7-2-3-8-16/h9H,2-8,13H2,1H3. The fourth-order valence-electron chi connectivity index (χ4n) is 2.09. The highest BCUT2D eigenvalue weighted by Gasteiger charge is 2.15. The van der Waals surface area contributed by atoms with Crippen molar-refractivity contribution in [3.8, 4) is 0 Å². The Morgan fingerprint density at radius 2 is 2.12 bits per heavy atom. The van der Waals surface area contributed by atoms with E-state index in [1.165, 1.54) is 18.4 Å². The number of nitrogens with two attached hydrogens (primary N) is 1. The van der Waals surface area contributed by atoms with Crippen molar-refractivity contribution in [1.82, 2.24) is 9.97 Å². The number of hydrogen-bond donors (Lipinski definition) is 1. The number of anilines is 1. The van der Waals surface area contributed by atoms with E-state index in [9.17, 15) is 0 Å². The average Bonchev–Trinajstić information content (AvgIpc) is 2.81. The van der Waals surface area contributed by atoms with E-state index in [-0.39, 0.29) is 0 Å². The van der Waals surface area contributed by atoms with Crippen LogP contribution in [0.4, 0.5) is 5.95 Å². The van der Waals surface area contributed by atoms with Gasteiger partial charge in [-0.1, -0.05) is 0 Å². The van der Waals surface area contributed by atoms with E-state index in [2.05, 4.69) is 21.8 Å². The molecule has 1 aromatic rings. The molecule has 0 atom stereocenters. The third-order valence-corrected chi connectivity index (χ3v) is 3.11. The Labute approximate surface area is 96.9 Å². The zero-order valence-corrected chi connectivity index (χ0v) is 9.95. The van der Waals surface area contributed by atoms with Crippen molar-refractivity contribution in [3.05, 3.63) is 17.5 Å². The van der Waals surface area contributed by atoms with Crippen LogP contribution < -0.4 is 10.6 Å². The first-order valence-electron chi connectivity index (χ1n) is 6.09. The summed E-state index contributed by atoms with van der Waals surface area (Å²) >= 11 is 0. The number of rotatable bonds is 4. The normalized spacial score (nSPS) is 15.8. The molecule has 4 heteroatoms. The number of aromatic nitrogens is 2. The van der Waals surface area contributed by atoms with Crippen molar-refractivity contribution in [3.63, 3.8) is 0 Å². The van der Waals surface area contributed by atoms with Gasteiger partial charge >= 0.3 is 0 Å². The highest BCUT2D eigenvalue weighted by Crippen LogP contribution is 2.17. The molecule has 0 saturated carbocycles. The highest BCUT2D eigenvalue weighted by molar-refractivity contribution is 5.33. The van der Waals surface area contributed by atoms with Crippen LogP contribution in [0.1, 0.15) is 30.5 Å². The zero-order chi connectivity index (χ0) is 11.4. The third-order valence-electron chi connectivity index (χ3n) is 3.11. The van der Waals surface area contributed by atoms with Gasteiger partial charge in [0.15, 0.2) is 0 Å². The Morgan fingerprint density at radius 3 is 2.75 bits per heavy atom. The van der Waals surface area contributed by atoms with E-state index in [1.54, 1.807) is 0 Å². The summed E-state index contributed by atoms with van der Waals surface area (Å²) in [5, 5.41) is 0. The van der Waals surface area contributed by atoms with Crippen molar-refractivity contribution in [2.75, 3.05) is 24.5 Å². The van der Waals surface area contributed by atoms with Gasteiger partial charge in [-0.3, -0.25) is 0 Å². The molecule has 0 amide bonds. The molecule has 0 spiro atoms. The van der Waals surface area contributed by atoms with E-state index in [0.717, 1.165) is 44.1 Å². The maximum atomic E-state index is 5.51. The van der Waals surface area contributed by atoms with Gasteiger partial charge in [0, 0.05) is 25.0 Å². The monoisotopic (exact) mass is 220 g/mol. The van der Waals surface area contributed by atoms with E-state index < -0.39 is 0 Å². The second kappa shape index (κ2) is 5.25. The van der Waals surface area contributed by atoms with Crippen LogP contribution in [0.15, 0.2) is 6.20 Å². The van der Waals surface area contributed by atoms with Gasteiger partial charge < -0.3 is 10.6 Å². The van der Waals surface area contributed by atoms with E-state index >= 15 is 0 Å². The lowest BCUT2D eigenvalue weighted by molar-refractivity contribution is 0.805. The maximum absolute atomic E-state index is 5.51. The van der Waals surface area contributed by atoms with Crippen LogP contribution in [-0.4, -0.2) is 29.6 Å². The van der Waals surface area contributed by atoms with Gasteiger partial charge in [-0.25, -0.2) is 9.97 Å². The Bertz CT molecular complexity index is 345. The summed E-state index contributed by atoms with van der Waals surface area (Å²) in [6.45, 7) is 4.99. The summed E-state index contributed by atoms with van der Waals surface area (Å²) in [4.78, 5) is 11.3. The van der Waals surface area contributed by atoms with Crippen molar-refractivity contribution in [1.29, 1.82) is 0 Å². The van der Waals surface area contributed by atoms with Gasteiger partial charge in [0.05, 0.1) is 0 Å². The molecule has 1 aliphatic heterocycles. The third kappa shape index (κ3) is 2.50. The fourth-order valence-corrected chi connectivity index (χ4v) is 2.09. The first-order chi connectivity index (χ1) is 7.81. The Hall–Kier alpha value is -1.16. The van der Waals surface area contributed by atoms with Gasteiger partial charge in [0.2, 0.25) is 5.95 Å². The van der Waals surface area contributed by atoms with Crippen molar-refractivity contribution in [2.45, 2.75) is 32.6 Å². The predicted octanol–water partition coefficient (Wildman–Crippen LogP) is 1.28. The topological polar surface area (TPSA) is 55.0 Å². The Kier molecular flexibility index (Phi) is 3.72. The smallest absolute Gasteiger partial charge is 0.225 e.